The summed E-state index contributed by atoms with van der Waals surface area (Å²) in [6.07, 6.45) is 1.35. The van der Waals surface area contributed by atoms with E-state index in [2.05, 4.69) is 0 Å². The molecule has 3 rings (SSSR count). The van der Waals surface area contributed by atoms with Crippen LogP contribution in [0.25, 0.3) is 0 Å². The third-order valence-corrected chi connectivity index (χ3v) is 5.81. The number of halogens is 2. The maximum atomic E-state index is 14.3. The number of carbonyl (C=O) groups excluding carboxylic acids is 1. The summed E-state index contributed by atoms with van der Waals surface area (Å²) in [4.78, 5) is 13.4. The lowest BCUT2D eigenvalue weighted by Crippen LogP contribution is -2.70. The molecule has 3 unspecified atom stereocenters. The van der Waals surface area contributed by atoms with Crippen molar-refractivity contribution >= 4 is 5.91 Å². The first-order valence-electron chi connectivity index (χ1n) is 7.62. The fourth-order valence-corrected chi connectivity index (χ4v) is 4.46. The zero-order valence-corrected chi connectivity index (χ0v) is 12.7. The molecule has 0 aromatic rings. The number of aliphatic hydroxyl groups is 1. The zero-order valence-electron chi connectivity index (χ0n) is 12.7. The third-order valence-electron chi connectivity index (χ3n) is 5.81. The summed E-state index contributed by atoms with van der Waals surface area (Å²) in [5.41, 5.74) is -2.48. The molecule has 1 amide bonds. The fraction of sp³-hybridized carbons (Fsp3) is 0.933. The normalized spacial score (nSPS) is 36.4. The van der Waals surface area contributed by atoms with Crippen LogP contribution in [0.15, 0.2) is 0 Å². The van der Waals surface area contributed by atoms with Crippen LogP contribution in [0.5, 0.6) is 0 Å². The molecule has 21 heavy (non-hydrogen) atoms. The molecule has 4 nitrogen and oxygen atoms in total. The Hall–Kier alpha value is -0.750. The Bertz CT molecular complexity index is 462. The highest BCUT2D eigenvalue weighted by Crippen LogP contribution is 2.55. The van der Waals surface area contributed by atoms with E-state index in [1.165, 1.54) is 7.05 Å². The van der Waals surface area contributed by atoms with E-state index < -0.39 is 17.4 Å². The van der Waals surface area contributed by atoms with Crippen LogP contribution >= 0.6 is 0 Å². The standard InChI is InChI=1S/C15H23F2NO3/c1-13(2)10(9-5-8-21-11(9)13)18(3)12(19)15(16,17)14(20)6-4-7-14/h9-11,20H,4-8H2,1-3H3. The maximum absolute atomic E-state index is 14.3. The van der Waals surface area contributed by atoms with E-state index in [0.717, 1.165) is 11.3 Å². The Morgan fingerprint density at radius 1 is 1.38 bits per heavy atom. The highest BCUT2D eigenvalue weighted by molar-refractivity contribution is 5.85. The summed E-state index contributed by atoms with van der Waals surface area (Å²) in [5, 5.41) is 9.92. The number of amides is 1. The fourth-order valence-electron chi connectivity index (χ4n) is 4.46. The van der Waals surface area contributed by atoms with Crippen molar-refractivity contribution in [2.45, 2.75) is 63.2 Å². The van der Waals surface area contributed by atoms with Gasteiger partial charge in [0.1, 0.15) is 5.60 Å². The largest absolute Gasteiger partial charge is 0.383 e. The van der Waals surface area contributed by atoms with Crippen molar-refractivity contribution in [2.75, 3.05) is 13.7 Å². The van der Waals surface area contributed by atoms with Crippen LogP contribution in [0.2, 0.25) is 0 Å². The molecule has 1 aliphatic heterocycles. The third kappa shape index (κ3) is 1.81. The number of alkyl halides is 2. The maximum Gasteiger partial charge on any atom is 0.352 e. The van der Waals surface area contributed by atoms with Gasteiger partial charge in [0.25, 0.3) is 5.91 Å². The molecule has 0 radical (unpaired) electrons. The van der Waals surface area contributed by atoms with Crippen LogP contribution in [-0.2, 0) is 9.53 Å². The molecule has 1 N–H and O–H groups in total. The van der Waals surface area contributed by atoms with Crippen LogP contribution in [0, 0.1) is 11.3 Å². The van der Waals surface area contributed by atoms with Crippen molar-refractivity contribution in [2.24, 2.45) is 11.3 Å². The number of fused-ring (bicyclic) bond motifs is 1. The molecule has 2 saturated carbocycles. The Morgan fingerprint density at radius 2 is 2.00 bits per heavy atom. The molecule has 1 heterocycles. The molecule has 120 valence electrons. The van der Waals surface area contributed by atoms with Gasteiger partial charge in [0.2, 0.25) is 0 Å². The topological polar surface area (TPSA) is 49.8 Å². The van der Waals surface area contributed by atoms with Gasteiger partial charge in [0.05, 0.1) is 6.10 Å². The summed E-state index contributed by atoms with van der Waals surface area (Å²) < 4.78 is 34.3. The minimum absolute atomic E-state index is 0.0111. The molecule has 3 aliphatic rings. The van der Waals surface area contributed by atoms with Crippen molar-refractivity contribution in [3.05, 3.63) is 0 Å². The van der Waals surface area contributed by atoms with E-state index in [4.69, 9.17) is 4.74 Å². The first-order valence-corrected chi connectivity index (χ1v) is 7.62. The second-order valence-electron chi connectivity index (χ2n) is 7.39. The van der Waals surface area contributed by atoms with Gasteiger partial charge in [0, 0.05) is 31.0 Å². The molecule has 1 saturated heterocycles. The lowest BCUT2D eigenvalue weighted by molar-refractivity contribution is -0.232. The average Bonchev–Trinajstić information content (AvgIpc) is 2.80. The van der Waals surface area contributed by atoms with Crippen molar-refractivity contribution in [1.29, 1.82) is 0 Å². The number of carbonyl (C=O) groups is 1. The van der Waals surface area contributed by atoms with E-state index in [0.29, 0.717) is 13.0 Å². The van der Waals surface area contributed by atoms with E-state index in [-0.39, 0.29) is 36.3 Å². The summed E-state index contributed by atoms with van der Waals surface area (Å²) in [5.74, 6) is -4.84. The van der Waals surface area contributed by atoms with Crippen molar-refractivity contribution in [3.8, 4) is 0 Å². The molecular formula is C15H23F2NO3. The summed E-state index contributed by atoms with van der Waals surface area (Å²) in [6, 6.07) is -0.257. The van der Waals surface area contributed by atoms with E-state index in [9.17, 15) is 18.7 Å². The van der Waals surface area contributed by atoms with E-state index in [1.807, 2.05) is 13.8 Å². The molecule has 0 aromatic carbocycles. The van der Waals surface area contributed by atoms with Crippen LogP contribution in [0.4, 0.5) is 8.78 Å². The highest BCUT2D eigenvalue weighted by Gasteiger charge is 2.66. The molecule has 0 aromatic heterocycles. The van der Waals surface area contributed by atoms with Crippen LogP contribution in [-0.4, -0.2) is 53.2 Å². The van der Waals surface area contributed by atoms with Crippen LogP contribution in [0.3, 0.4) is 0 Å². The molecule has 2 aliphatic carbocycles. The Morgan fingerprint density at radius 3 is 2.52 bits per heavy atom. The second-order valence-corrected chi connectivity index (χ2v) is 7.39. The summed E-state index contributed by atoms with van der Waals surface area (Å²) >= 11 is 0. The minimum Gasteiger partial charge on any atom is -0.383 e. The highest BCUT2D eigenvalue weighted by atomic mass is 19.3. The van der Waals surface area contributed by atoms with Gasteiger partial charge in [-0.25, -0.2) is 0 Å². The van der Waals surface area contributed by atoms with Crippen molar-refractivity contribution < 1.29 is 23.4 Å². The predicted octanol–water partition coefficient (Wildman–Crippen LogP) is 1.81. The van der Waals surface area contributed by atoms with Gasteiger partial charge in [-0.2, -0.15) is 8.78 Å². The van der Waals surface area contributed by atoms with Crippen LogP contribution < -0.4 is 0 Å². The number of hydrogen-bond acceptors (Lipinski definition) is 3. The summed E-state index contributed by atoms with van der Waals surface area (Å²) in [6.45, 7) is 4.52. The zero-order chi connectivity index (χ0) is 15.6. The van der Waals surface area contributed by atoms with Gasteiger partial charge >= 0.3 is 5.92 Å². The lowest BCUT2D eigenvalue weighted by atomic mass is 9.56. The monoisotopic (exact) mass is 303 g/mol. The van der Waals surface area contributed by atoms with Gasteiger partial charge in [-0.1, -0.05) is 13.8 Å². The summed E-state index contributed by atoms with van der Waals surface area (Å²) in [7, 11) is 1.43. The predicted molar refractivity (Wildman–Crippen MR) is 71.9 cm³/mol. The van der Waals surface area contributed by atoms with Gasteiger partial charge in [-0.05, 0) is 25.7 Å². The molecule has 3 fully saturated rings. The second kappa shape index (κ2) is 4.38. The van der Waals surface area contributed by atoms with Gasteiger partial charge in [0.15, 0.2) is 0 Å². The Labute approximate surface area is 123 Å². The molecular weight excluding hydrogens is 280 g/mol. The van der Waals surface area contributed by atoms with Gasteiger partial charge < -0.3 is 14.7 Å². The van der Waals surface area contributed by atoms with Crippen LogP contribution in [0.1, 0.15) is 39.5 Å². The molecule has 3 atom stereocenters. The van der Waals surface area contributed by atoms with Crippen molar-refractivity contribution in [3.63, 3.8) is 0 Å². The van der Waals surface area contributed by atoms with Gasteiger partial charge in [-0.15, -0.1) is 0 Å². The Balaban J connectivity index is 1.79. The molecule has 0 spiro atoms. The minimum atomic E-state index is -3.71. The average molecular weight is 303 g/mol. The first kappa shape index (κ1) is 15.2. The lowest BCUT2D eigenvalue weighted by Gasteiger charge is -2.58. The van der Waals surface area contributed by atoms with Crippen molar-refractivity contribution in [1.82, 2.24) is 4.90 Å². The molecule has 0 bridgehead atoms. The number of ether oxygens (including phenoxy) is 1. The SMILES string of the molecule is CN(C(=O)C(F)(F)C1(O)CCC1)C1C2CCOC2C1(C)C. The van der Waals surface area contributed by atoms with E-state index >= 15 is 0 Å². The number of hydrogen-bond donors (Lipinski definition) is 1. The quantitative estimate of drug-likeness (QED) is 0.865. The molecule has 6 heteroatoms. The van der Waals surface area contributed by atoms with E-state index in [1.54, 1.807) is 0 Å². The van der Waals surface area contributed by atoms with Gasteiger partial charge in [-0.3, -0.25) is 4.79 Å². The smallest absolute Gasteiger partial charge is 0.352 e. The number of nitrogens with zero attached hydrogens (tertiary/aromatic N) is 1. The number of rotatable bonds is 3. The first-order chi connectivity index (χ1) is 9.63. The Kier molecular flexibility index (Phi) is 3.16.